The summed E-state index contributed by atoms with van der Waals surface area (Å²) >= 11 is 0. The monoisotopic (exact) mass is 587 g/mol. The first-order valence-electron chi connectivity index (χ1n) is 15.3. The molecule has 0 unspecified atom stereocenters. The molecule has 3 aromatic carbocycles. The van der Waals surface area contributed by atoms with Crippen molar-refractivity contribution in [3.05, 3.63) is 89.7 Å². The number of fused-ring (bicyclic) bond motifs is 4. The van der Waals surface area contributed by atoms with Crippen molar-refractivity contribution in [2.45, 2.75) is 70.8 Å². The van der Waals surface area contributed by atoms with Crippen LogP contribution in [0.25, 0.3) is 22.2 Å². The highest BCUT2D eigenvalue weighted by Crippen LogP contribution is 2.53. The van der Waals surface area contributed by atoms with Gasteiger partial charge in [-0.15, -0.1) is 0 Å². The third kappa shape index (κ3) is 6.39. The fourth-order valence-electron chi connectivity index (χ4n) is 5.92. The van der Waals surface area contributed by atoms with Crippen LogP contribution in [0.15, 0.2) is 72.8 Å². The Labute approximate surface area is 249 Å². The molecule has 1 aliphatic rings. The summed E-state index contributed by atoms with van der Waals surface area (Å²) in [5, 5.41) is 3.21. The molecule has 1 aromatic heterocycles. The molecular formula is C34H42N3O4P. The SMILES string of the molecule is CCCCOP(=O)(CCCCC1(C(=O)NCc2nc3ccccc3[nH]2)c2ccccc2-c2ccccc21)OCCCC. The third-order valence-electron chi connectivity index (χ3n) is 8.11. The average molecular weight is 588 g/mol. The second-order valence-electron chi connectivity index (χ2n) is 11.0. The highest BCUT2D eigenvalue weighted by molar-refractivity contribution is 7.53. The van der Waals surface area contributed by atoms with Gasteiger partial charge in [-0.25, -0.2) is 4.98 Å². The van der Waals surface area contributed by atoms with Crippen molar-refractivity contribution in [1.29, 1.82) is 0 Å². The van der Waals surface area contributed by atoms with E-state index in [1.54, 1.807) is 0 Å². The number of aromatic nitrogens is 2. The van der Waals surface area contributed by atoms with Gasteiger partial charge in [0.05, 0.1) is 37.0 Å². The van der Waals surface area contributed by atoms with E-state index in [1.165, 1.54) is 0 Å². The Balaban J connectivity index is 1.37. The molecule has 42 heavy (non-hydrogen) atoms. The molecule has 2 N–H and O–H groups in total. The number of H-pyrrole nitrogens is 1. The molecule has 0 saturated carbocycles. The Bertz CT molecular complexity index is 1460. The number of unbranched alkanes of at least 4 members (excludes halogenated alkanes) is 3. The number of para-hydroxylation sites is 2. The van der Waals surface area contributed by atoms with Crippen molar-refractivity contribution >= 4 is 24.5 Å². The maximum atomic E-state index is 14.4. The largest absolute Gasteiger partial charge is 0.348 e. The van der Waals surface area contributed by atoms with Crippen LogP contribution in [0.2, 0.25) is 0 Å². The fraction of sp³-hybridized carbons (Fsp3) is 0.412. The van der Waals surface area contributed by atoms with Gasteiger partial charge in [-0.1, -0.05) is 93.8 Å². The van der Waals surface area contributed by atoms with Crippen molar-refractivity contribution < 1.29 is 18.4 Å². The Morgan fingerprint density at radius 3 is 2.05 bits per heavy atom. The van der Waals surface area contributed by atoms with Gasteiger partial charge in [-0.2, -0.15) is 0 Å². The summed E-state index contributed by atoms with van der Waals surface area (Å²) in [5.74, 6) is 0.663. The number of nitrogens with one attached hydrogen (secondary N) is 2. The van der Waals surface area contributed by atoms with E-state index in [9.17, 15) is 9.36 Å². The summed E-state index contributed by atoms with van der Waals surface area (Å²) in [4.78, 5) is 22.3. The van der Waals surface area contributed by atoms with E-state index in [4.69, 9.17) is 9.05 Å². The molecule has 1 amide bonds. The van der Waals surface area contributed by atoms with Gasteiger partial charge in [0.15, 0.2) is 0 Å². The Morgan fingerprint density at radius 1 is 0.833 bits per heavy atom. The zero-order valence-corrected chi connectivity index (χ0v) is 25.6. The molecule has 0 atom stereocenters. The normalized spacial score (nSPS) is 13.7. The lowest BCUT2D eigenvalue weighted by Crippen LogP contribution is -2.44. The minimum absolute atomic E-state index is 0.0538. The molecule has 0 fully saturated rings. The molecule has 1 aliphatic carbocycles. The number of hydrogen-bond donors (Lipinski definition) is 2. The highest BCUT2D eigenvalue weighted by Gasteiger charge is 2.48. The highest BCUT2D eigenvalue weighted by atomic mass is 31.2. The Hall–Kier alpha value is -3.25. The van der Waals surface area contributed by atoms with E-state index in [0.717, 1.165) is 59.0 Å². The summed E-state index contributed by atoms with van der Waals surface area (Å²) in [6.45, 7) is 5.35. The van der Waals surface area contributed by atoms with Crippen LogP contribution in [-0.2, 0) is 30.4 Å². The van der Waals surface area contributed by atoms with Gasteiger partial charge in [0.2, 0.25) is 5.91 Å². The van der Waals surface area contributed by atoms with Crippen molar-refractivity contribution in [2.75, 3.05) is 19.4 Å². The first kappa shape index (κ1) is 30.2. The van der Waals surface area contributed by atoms with Gasteiger partial charge in [-0.05, 0) is 60.1 Å². The van der Waals surface area contributed by atoms with Crippen molar-refractivity contribution in [2.24, 2.45) is 0 Å². The predicted octanol–water partition coefficient (Wildman–Crippen LogP) is 8.14. The smallest absolute Gasteiger partial charge is 0.330 e. The maximum absolute atomic E-state index is 14.4. The molecule has 1 heterocycles. The van der Waals surface area contributed by atoms with E-state index in [1.807, 2.05) is 48.5 Å². The topological polar surface area (TPSA) is 93.3 Å². The van der Waals surface area contributed by atoms with E-state index in [0.29, 0.717) is 51.0 Å². The molecule has 7 nitrogen and oxygen atoms in total. The van der Waals surface area contributed by atoms with E-state index in [-0.39, 0.29) is 5.91 Å². The van der Waals surface area contributed by atoms with Gasteiger partial charge >= 0.3 is 7.60 Å². The number of benzene rings is 3. The van der Waals surface area contributed by atoms with Crippen LogP contribution < -0.4 is 5.32 Å². The fourth-order valence-corrected chi connectivity index (χ4v) is 7.67. The van der Waals surface area contributed by atoms with E-state index in [2.05, 4.69) is 53.4 Å². The summed E-state index contributed by atoms with van der Waals surface area (Å²) in [6, 6.07) is 24.2. The van der Waals surface area contributed by atoms with Crippen LogP contribution in [0.1, 0.15) is 75.7 Å². The summed E-state index contributed by atoms with van der Waals surface area (Å²) in [6.07, 6.45) is 5.90. The summed E-state index contributed by atoms with van der Waals surface area (Å²) < 4.78 is 25.2. The average Bonchev–Trinajstić information content (AvgIpc) is 3.56. The minimum Gasteiger partial charge on any atom is -0.348 e. The zero-order valence-electron chi connectivity index (χ0n) is 24.7. The van der Waals surface area contributed by atoms with Crippen LogP contribution in [0.5, 0.6) is 0 Å². The van der Waals surface area contributed by atoms with Gasteiger partial charge in [0.1, 0.15) is 11.2 Å². The number of rotatable bonds is 16. The van der Waals surface area contributed by atoms with Gasteiger partial charge in [-0.3, -0.25) is 9.36 Å². The van der Waals surface area contributed by atoms with E-state index < -0.39 is 13.0 Å². The lowest BCUT2D eigenvalue weighted by atomic mass is 9.73. The van der Waals surface area contributed by atoms with Crippen molar-refractivity contribution in [3.8, 4) is 11.1 Å². The van der Waals surface area contributed by atoms with Crippen LogP contribution in [-0.4, -0.2) is 35.3 Å². The molecule has 5 rings (SSSR count). The lowest BCUT2D eigenvalue weighted by molar-refractivity contribution is -0.125. The summed E-state index contributed by atoms with van der Waals surface area (Å²) in [7, 11) is -3.20. The molecule has 0 radical (unpaired) electrons. The predicted molar refractivity (Wildman–Crippen MR) is 169 cm³/mol. The lowest BCUT2D eigenvalue weighted by Gasteiger charge is -2.31. The van der Waals surface area contributed by atoms with E-state index >= 15 is 0 Å². The number of aromatic amines is 1. The van der Waals surface area contributed by atoms with Crippen LogP contribution >= 0.6 is 7.60 Å². The summed E-state index contributed by atoms with van der Waals surface area (Å²) in [5.41, 5.74) is 5.14. The van der Waals surface area contributed by atoms with Crippen LogP contribution in [0.3, 0.4) is 0 Å². The van der Waals surface area contributed by atoms with Crippen molar-refractivity contribution in [3.63, 3.8) is 0 Å². The number of carbonyl (C=O) groups excluding carboxylic acids is 1. The van der Waals surface area contributed by atoms with Crippen LogP contribution in [0, 0.1) is 0 Å². The number of carbonyl (C=O) groups is 1. The molecule has 0 spiro atoms. The minimum atomic E-state index is -3.20. The molecule has 8 heteroatoms. The molecule has 0 saturated heterocycles. The third-order valence-corrected chi connectivity index (χ3v) is 10.1. The standard InChI is InChI=1S/C34H42N3O4P/c1-3-5-22-40-42(39,41-23-6-4-2)24-14-13-21-34(28-17-9-7-15-26(28)27-16-8-10-18-29(27)34)33(38)35-25-32-36-30-19-11-12-20-31(30)37-32/h7-12,15-20H,3-6,13-14,21-25H2,1-2H3,(H,35,38)(H,36,37). The maximum Gasteiger partial charge on any atom is 0.330 e. The Morgan fingerprint density at radius 2 is 1.43 bits per heavy atom. The zero-order chi connectivity index (χ0) is 29.4. The van der Waals surface area contributed by atoms with Crippen LogP contribution in [0.4, 0.5) is 0 Å². The number of hydrogen-bond acceptors (Lipinski definition) is 5. The molecular weight excluding hydrogens is 545 g/mol. The van der Waals surface area contributed by atoms with Gasteiger partial charge < -0.3 is 19.3 Å². The number of imidazole rings is 1. The quantitative estimate of drug-likeness (QED) is 0.102. The Kier molecular flexibility index (Phi) is 9.94. The first-order chi connectivity index (χ1) is 20.5. The van der Waals surface area contributed by atoms with Crippen molar-refractivity contribution in [1.82, 2.24) is 15.3 Å². The van der Waals surface area contributed by atoms with Gasteiger partial charge in [0, 0.05) is 0 Å². The molecule has 222 valence electrons. The number of nitrogens with zero attached hydrogens (tertiary/aromatic N) is 1. The molecule has 4 aromatic rings. The second kappa shape index (κ2) is 13.8. The first-order valence-corrected chi connectivity index (χ1v) is 17.0. The second-order valence-corrected chi connectivity index (χ2v) is 13.2. The molecule has 0 bridgehead atoms. The van der Waals surface area contributed by atoms with Gasteiger partial charge in [0.25, 0.3) is 0 Å². The number of amides is 1. The molecule has 0 aliphatic heterocycles.